The molecule has 0 spiro atoms. The van der Waals surface area contributed by atoms with Gasteiger partial charge in [0.05, 0.1) is 0 Å². The summed E-state index contributed by atoms with van der Waals surface area (Å²) in [7, 11) is 0. The van der Waals surface area contributed by atoms with Crippen molar-refractivity contribution in [2.75, 3.05) is 10.7 Å². The topological polar surface area (TPSA) is 0 Å². The zero-order chi connectivity index (χ0) is 11.3. The van der Waals surface area contributed by atoms with E-state index in [-0.39, 0.29) is 0 Å². The quantitative estimate of drug-likeness (QED) is 0.628. The number of hydrogen-bond donors (Lipinski definition) is 0. The van der Waals surface area contributed by atoms with E-state index in [2.05, 4.69) is 57.8 Å². The zero-order valence-corrected chi connectivity index (χ0v) is 13.3. The fourth-order valence-corrected chi connectivity index (χ4v) is 4.77. The van der Waals surface area contributed by atoms with Crippen molar-refractivity contribution in [1.82, 2.24) is 0 Å². The van der Waals surface area contributed by atoms with E-state index in [0.717, 1.165) is 17.1 Å². The smallest absolute Gasteiger partial charge is 0.00993 e. The molecule has 0 aliphatic carbocycles. The van der Waals surface area contributed by atoms with Gasteiger partial charge in [-0.25, -0.2) is 0 Å². The molecule has 0 radical (unpaired) electrons. The average Bonchev–Trinajstić information content (AvgIpc) is 2.73. The molecule has 0 bridgehead atoms. The van der Waals surface area contributed by atoms with E-state index in [1.54, 1.807) is 0 Å². The van der Waals surface area contributed by atoms with Gasteiger partial charge < -0.3 is 0 Å². The summed E-state index contributed by atoms with van der Waals surface area (Å²) >= 11 is 9.26. The zero-order valence-electron chi connectivity index (χ0n) is 9.35. The largest absolute Gasteiger partial charge is 0.145 e. The monoisotopic (exact) mass is 352 g/mol. The van der Waals surface area contributed by atoms with Gasteiger partial charge in [-0.3, -0.25) is 0 Å². The lowest BCUT2D eigenvalue weighted by molar-refractivity contribution is 0.376. The summed E-state index contributed by atoms with van der Waals surface area (Å²) in [5.74, 6) is 0. The molecule has 0 aromatic carbocycles. The highest BCUT2D eigenvalue weighted by atomic mass is 79.9. The van der Waals surface area contributed by atoms with Gasteiger partial charge in [0.15, 0.2) is 0 Å². The maximum atomic E-state index is 3.65. The van der Waals surface area contributed by atoms with Gasteiger partial charge >= 0.3 is 0 Å². The lowest BCUT2D eigenvalue weighted by atomic mass is 9.86. The lowest BCUT2D eigenvalue weighted by Crippen LogP contribution is -2.26. The van der Waals surface area contributed by atoms with E-state index < -0.39 is 0 Å². The Hall–Kier alpha value is 0.660. The fraction of sp³-hybridized carbons (Fsp3) is 0.667. The fourth-order valence-electron chi connectivity index (χ4n) is 1.52. The van der Waals surface area contributed by atoms with Crippen LogP contribution in [0, 0.1) is 5.41 Å². The van der Waals surface area contributed by atoms with Crippen LogP contribution in [0.25, 0.3) is 0 Å². The van der Waals surface area contributed by atoms with Gasteiger partial charge in [0.1, 0.15) is 0 Å². The minimum atomic E-state index is 0.385. The molecule has 0 atom stereocenters. The highest BCUT2D eigenvalue weighted by molar-refractivity contribution is 9.09. The summed E-state index contributed by atoms with van der Waals surface area (Å²) in [6, 6.07) is 4.56. The molecular weight excluding hydrogens is 336 g/mol. The van der Waals surface area contributed by atoms with E-state index >= 15 is 0 Å². The molecule has 0 saturated heterocycles. The van der Waals surface area contributed by atoms with Crippen LogP contribution in [0.2, 0.25) is 0 Å². The minimum Gasteiger partial charge on any atom is -0.145 e. The number of hydrogen-bond acceptors (Lipinski definition) is 1. The summed E-state index contributed by atoms with van der Waals surface area (Å²) in [6.45, 7) is 4.49. The third-order valence-corrected chi connectivity index (χ3v) is 6.54. The van der Waals surface area contributed by atoms with Gasteiger partial charge in [-0.1, -0.05) is 45.7 Å². The van der Waals surface area contributed by atoms with Crippen LogP contribution in [0.15, 0.2) is 12.1 Å². The first-order valence-electron chi connectivity index (χ1n) is 5.39. The molecule has 1 aromatic rings. The van der Waals surface area contributed by atoms with Crippen molar-refractivity contribution < 1.29 is 0 Å². The Balaban J connectivity index is 2.73. The van der Waals surface area contributed by atoms with Crippen molar-refractivity contribution in [3.05, 3.63) is 21.9 Å². The van der Waals surface area contributed by atoms with Gasteiger partial charge in [-0.15, -0.1) is 11.3 Å². The Morgan fingerprint density at radius 2 is 1.73 bits per heavy atom. The Bertz CT molecular complexity index is 281. The Morgan fingerprint density at radius 1 is 1.13 bits per heavy atom. The Labute approximate surface area is 114 Å². The second-order valence-electron chi connectivity index (χ2n) is 4.02. The van der Waals surface area contributed by atoms with Crippen LogP contribution in [0.3, 0.4) is 0 Å². The first-order valence-corrected chi connectivity index (χ1v) is 8.45. The van der Waals surface area contributed by atoms with Crippen molar-refractivity contribution in [1.29, 1.82) is 0 Å². The molecule has 0 amide bonds. The molecule has 0 aliphatic heterocycles. The van der Waals surface area contributed by atoms with Crippen LogP contribution < -0.4 is 0 Å². The van der Waals surface area contributed by atoms with E-state index in [1.165, 1.54) is 22.6 Å². The Morgan fingerprint density at radius 3 is 2.13 bits per heavy atom. The normalized spacial score (nSPS) is 12.0. The van der Waals surface area contributed by atoms with E-state index in [0.29, 0.717) is 5.41 Å². The summed E-state index contributed by atoms with van der Waals surface area (Å²) in [5, 5.41) is 2.14. The number of aryl methyl sites for hydroxylation is 1. The molecule has 3 heteroatoms. The van der Waals surface area contributed by atoms with Crippen LogP contribution in [-0.2, 0) is 12.8 Å². The van der Waals surface area contributed by atoms with Crippen LogP contribution in [0.1, 0.15) is 30.0 Å². The molecule has 1 heterocycles. The van der Waals surface area contributed by atoms with Gasteiger partial charge in [0, 0.05) is 20.4 Å². The molecule has 0 unspecified atom stereocenters. The molecule has 0 fully saturated rings. The summed E-state index contributed by atoms with van der Waals surface area (Å²) in [6.07, 6.45) is 3.56. The lowest BCUT2D eigenvalue weighted by Gasteiger charge is -2.27. The van der Waals surface area contributed by atoms with Gasteiger partial charge in [-0.05, 0) is 36.8 Å². The number of rotatable bonds is 6. The summed E-state index contributed by atoms with van der Waals surface area (Å²) < 4.78 is 0. The predicted molar refractivity (Wildman–Crippen MR) is 77.7 cm³/mol. The molecule has 0 N–H and O–H groups in total. The second-order valence-corrected chi connectivity index (χ2v) is 6.39. The van der Waals surface area contributed by atoms with Crippen molar-refractivity contribution in [2.24, 2.45) is 5.41 Å². The molecule has 86 valence electrons. The molecule has 15 heavy (non-hydrogen) atoms. The van der Waals surface area contributed by atoms with E-state index in [1.807, 2.05) is 11.3 Å². The first-order chi connectivity index (χ1) is 7.19. The molecule has 1 rings (SSSR count). The van der Waals surface area contributed by atoms with E-state index in [4.69, 9.17) is 0 Å². The maximum absolute atomic E-state index is 3.65. The average molecular weight is 354 g/mol. The molecule has 0 saturated carbocycles. The molecule has 0 aliphatic rings. The maximum Gasteiger partial charge on any atom is 0.00993 e. The highest BCUT2D eigenvalue weighted by Gasteiger charge is 2.26. The first kappa shape index (κ1) is 13.7. The third kappa shape index (κ3) is 3.57. The molecule has 1 aromatic heterocycles. The number of alkyl halides is 2. The van der Waals surface area contributed by atoms with Crippen LogP contribution in [-0.4, -0.2) is 10.7 Å². The van der Waals surface area contributed by atoms with Gasteiger partial charge in [0.25, 0.3) is 0 Å². The van der Waals surface area contributed by atoms with Crippen molar-refractivity contribution in [3.8, 4) is 0 Å². The van der Waals surface area contributed by atoms with E-state index in [9.17, 15) is 0 Å². The van der Waals surface area contributed by atoms with Crippen LogP contribution in [0.5, 0.6) is 0 Å². The third-order valence-electron chi connectivity index (χ3n) is 2.93. The van der Waals surface area contributed by atoms with Gasteiger partial charge in [0.2, 0.25) is 0 Å². The summed E-state index contributed by atoms with van der Waals surface area (Å²) in [4.78, 5) is 3.02. The Kier molecular flexibility index (Phi) is 5.86. The van der Waals surface area contributed by atoms with Crippen molar-refractivity contribution in [2.45, 2.75) is 33.1 Å². The predicted octanol–water partition coefficient (Wildman–Crippen LogP) is 5.04. The molecule has 0 nitrogen and oxygen atoms in total. The number of halogens is 2. The van der Waals surface area contributed by atoms with Crippen LogP contribution in [0.4, 0.5) is 0 Å². The van der Waals surface area contributed by atoms with Gasteiger partial charge in [-0.2, -0.15) is 0 Å². The SMILES string of the molecule is CCc1ccc(CC(CC)(CBr)CBr)s1. The number of thiophene rings is 1. The van der Waals surface area contributed by atoms with Crippen molar-refractivity contribution >= 4 is 43.2 Å². The van der Waals surface area contributed by atoms with Crippen molar-refractivity contribution in [3.63, 3.8) is 0 Å². The standard InChI is InChI=1S/C12H18Br2S/c1-3-10-5-6-11(15-10)7-12(4-2,8-13)9-14/h5-6H,3-4,7-9H2,1-2H3. The minimum absolute atomic E-state index is 0.385. The van der Waals surface area contributed by atoms with Crippen LogP contribution >= 0.6 is 43.2 Å². The molecular formula is C12H18Br2S. The second kappa shape index (κ2) is 6.41. The summed E-state index contributed by atoms with van der Waals surface area (Å²) in [5.41, 5.74) is 0.385. The highest BCUT2D eigenvalue weighted by Crippen LogP contribution is 2.33.